The molecule has 17 heavy (non-hydrogen) atoms. The van der Waals surface area contributed by atoms with E-state index in [4.69, 9.17) is 10.5 Å². The molecule has 1 unspecified atom stereocenters. The van der Waals surface area contributed by atoms with E-state index in [2.05, 4.69) is 17.9 Å². The second-order valence-electron chi connectivity index (χ2n) is 4.84. The summed E-state index contributed by atoms with van der Waals surface area (Å²) >= 11 is 1.83. The maximum atomic E-state index is 5.68. The Morgan fingerprint density at radius 1 is 1.59 bits per heavy atom. The summed E-state index contributed by atoms with van der Waals surface area (Å²) in [4.78, 5) is 5.24. The molecule has 0 radical (unpaired) electrons. The normalized spacial score (nSPS) is 21.2. The lowest BCUT2D eigenvalue weighted by atomic mass is 10.1. The summed E-state index contributed by atoms with van der Waals surface area (Å²) in [5.74, 6) is 0.716. The minimum Gasteiger partial charge on any atom is -0.384 e. The number of methoxy groups -OCH3 is 1. The zero-order valence-corrected chi connectivity index (χ0v) is 11.6. The highest BCUT2D eigenvalue weighted by Gasteiger charge is 2.22. The van der Waals surface area contributed by atoms with Crippen LogP contribution in [0.15, 0.2) is 6.07 Å². The summed E-state index contributed by atoms with van der Waals surface area (Å²) in [6.07, 6.45) is 1.26. The molecular weight excluding hydrogens is 232 g/mol. The van der Waals surface area contributed by atoms with Crippen molar-refractivity contribution < 1.29 is 4.74 Å². The molecule has 1 aliphatic heterocycles. The average Bonchev–Trinajstić information content (AvgIpc) is 2.88. The van der Waals surface area contributed by atoms with Gasteiger partial charge in [-0.2, -0.15) is 0 Å². The Morgan fingerprint density at radius 2 is 2.41 bits per heavy atom. The molecule has 2 heterocycles. The highest BCUT2D eigenvalue weighted by atomic mass is 32.1. The van der Waals surface area contributed by atoms with E-state index in [-0.39, 0.29) is 0 Å². The van der Waals surface area contributed by atoms with E-state index in [0.717, 1.165) is 13.2 Å². The van der Waals surface area contributed by atoms with Crippen molar-refractivity contribution in [3.63, 3.8) is 0 Å². The molecule has 3 nitrogen and oxygen atoms in total. The second-order valence-corrected chi connectivity index (χ2v) is 6.18. The summed E-state index contributed by atoms with van der Waals surface area (Å²) in [7, 11) is 1.79. The number of nitrogens with zero attached hydrogens (tertiary/aromatic N) is 1. The summed E-state index contributed by atoms with van der Waals surface area (Å²) < 4.78 is 5.23. The number of rotatable bonds is 5. The SMILES string of the molecule is COCC1CCN(Cc2cc(CN)sc2C)C1. The van der Waals surface area contributed by atoms with Gasteiger partial charge in [-0.3, -0.25) is 4.90 Å². The number of nitrogens with two attached hydrogens (primary N) is 1. The molecule has 0 aromatic carbocycles. The van der Waals surface area contributed by atoms with Gasteiger partial charge in [0.15, 0.2) is 0 Å². The molecule has 96 valence electrons. The van der Waals surface area contributed by atoms with Crippen LogP contribution in [0.25, 0.3) is 0 Å². The predicted octanol–water partition coefficient (Wildman–Crippen LogP) is 1.98. The molecule has 1 saturated heterocycles. The van der Waals surface area contributed by atoms with Gasteiger partial charge in [0, 0.05) is 36.5 Å². The van der Waals surface area contributed by atoms with Gasteiger partial charge in [0.05, 0.1) is 6.61 Å². The molecule has 0 aliphatic carbocycles. The van der Waals surface area contributed by atoms with Gasteiger partial charge in [-0.25, -0.2) is 0 Å². The molecule has 2 N–H and O–H groups in total. The van der Waals surface area contributed by atoms with Crippen molar-refractivity contribution in [3.05, 3.63) is 21.4 Å². The van der Waals surface area contributed by atoms with Crippen LogP contribution in [0, 0.1) is 12.8 Å². The maximum absolute atomic E-state index is 5.68. The first-order valence-electron chi connectivity index (χ1n) is 6.22. The van der Waals surface area contributed by atoms with Gasteiger partial charge >= 0.3 is 0 Å². The van der Waals surface area contributed by atoms with Crippen LogP contribution in [0.5, 0.6) is 0 Å². The van der Waals surface area contributed by atoms with Gasteiger partial charge in [-0.05, 0) is 37.4 Å². The number of hydrogen-bond donors (Lipinski definition) is 1. The molecule has 1 atom stereocenters. The highest BCUT2D eigenvalue weighted by molar-refractivity contribution is 7.12. The Hall–Kier alpha value is -0.420. The van der Waals surface area contributed by atoms with E-state index in [0.29, 0.717) is 12.5 Å². The fraction of sp³-hybridized carbons (Fsp3) is 0.692. The van der Waals surface area contributed by atoms with E-state index in [1.54, 1.807) is 7.11 Å². The molecule has 0 bridgehead atoms. The van der Waals surface area contributed by atoms with Gasteiger partial charge in [0.1, 0.15) is 0 Å². The lowest BCUT2D eigenvalue weighted by molar-refractivity contribution is 0.152. The van der Waals surface area contributed by atoms with Crippen LogP contribution in [0.1, 0.15) is 21.7 Å². The van der Waals surface area contributed by atoms with Gasteiger partial charge in [0.25, 0.3) is 0 Å². The van der Waals surface area contributed by atoms with Gasteiger partial charge in [-0.1, -0.05) is 0 Å². The lowest BCUT2D eigenvalue weighted by Gasteiger charge is -2.15. The van der Waals surface area contributed by atoms with Gasteiger partial charge < -0.3 is 10.5 Å². The van der Waals surface area contributed by atoms with Crippen molar-refractivity contribution >= 4 is 11.3 Å². The van der Waals surface area contributed by atoms with E-state index >= 15 is 0 Å². The Bertz CT molecular complexity index is 364. The Balaban J connectivity index is 1.90. The summed E-state index contributed by atoms with van der Waals surface area (Å²) in [5, 5.41) is 0. The Labute approximate surface area is 108 Å². The molecule has 4 heteroatoms. The number of hydrogen-bond acceptors (Lipinski definition) is 4. The van der Waals surface area contributed by atoms with Crippen molar-refractivity contribution in [2.45, 2.75) is 26.4 Å². The van der Waals surface area contributed by atoms with Gasteiger partial charge in [-0.15, -0.1) is 11.3 Å². The first kappa shape index (κ1) is 13.0. The largest absolute Gasteiger partial charge is 0.384 e. The Kier molecular flexibility index (Phi) is 4.56. The molecule has 0 spiro atoms. The van der Waals surface area contributed by atoms with Crippen LogP contribution in [-0.4, -0.2) is 31.7 Å². The number of aryl methyl sites for hydroxylation is 1. The highest BCUT2D eigenvalue weighted by Crippen LogP contribution is 2.25. The van der Waals surface area contributed by atoms with Crippen molar-refractivity contribution in [2.75, 3.05) is 26.8 Å². The third-order valence-corrected chi connectivity index (χ3v) is 4.55. The molecule has 1 aromatic heterocycles. The molecule has 0 amide bonds. The van der Waals surface area contributed by atoms with E-state index < -0.39 is 0 Å². The minimum atomic E-state index is 0.664. The summed E-state index contributed by atoms with van der Waals surface area (Å²) in [6.45, 7) is 7.19. The number of ether oxygens (including phenoxy) is 1. The van der Waals surface area contributed by atoms with Crippen molar-refractivity contribution in [1.82, 2.24) is 4.90 Å². The average molecular weight is 254 g/mol. The monoisotopic (exact) mass is 254 g/mol. The van der Waals surface area contributed by atoms with Crippen LogP contribution in [0.4, 0.5) is 0 Å². The third-order valence-electron chi connectivity index (χ3n) is 3.44. The van der Waals surface area contributed by atoms with Crippen molar-refractivity contribution in [3.8, 4) is 0 Å². The topological polar surface area (TPSA) is 38.5 Å². The standard InChI is InChI=1S/C13H22N2OS/c1-10-12(5-13(6-14)17-10)8-15-4-3-11(7-15)9-16-2/h5,11H,3-4,6-9,14H2,1-2H3. The number of likely N-dealkylation sites (tertiary alicyclic amines) is 1. The molecule has 1 aromatic rings. The zero-order chi connectivity index (χ0) is 12.3. The molecular formula is C13H22N2OS. The molecule has 0 saturated carbocycles. The van der Waals surface area contributed by atoms with Crippen LogP contribution in [0.2, 0.25) is 0 Å². The predicted molar refractivity (Wildman–Crippen MR) is 72.2 cm³/mol. The van der Waals surface area contributed by atoms with Crippen LogP contribution in [-0.2, 0) is 17.8 Å². The van der Waals surface area contributed by atoms with Crippen LogP contribution >= 0.6 is 11.3 Å². The number of thiophene rings is 1. The van der Waals surface area contributed by atoms with Crippen LogP contribution in [0.3, 0.4) is 0 Å². The van der Waals surface area contributed by atoms with Crippen LogP contribution < -0.4 is 5.73 Å². The quantitative estimate of drug-likeness (QED) is 0.873. The summed E-state index contributed by atoms with van der Waals surface area (Å²) in [6, 6.07) is 2.27. The zero-order valence-electron chi connectivity index (χ0n) is 10.7. The first-order chi connectivity index (χ1) is 8.22. The second kappa shape index (κ2) is 5.96. The fourth-order valence-corrected chi connectivity index (χ4v) is 3.45. The Morgan fingerprint density at radius 3 is 3.06 bits per heavy atom. The van der Waals surface area contributed by atoms with Crippen molar-refractivity contribution in [1.29, 1.82) is 0 Å². The smallest absolute Gasteiger partial charge is 0.0503 e. The van der Waals surface area contributed by atoms with Crippen molar-refractivity contribution in [2.24, 2.45) is 11.7 Å². The van der Waals surface area contributed by atoms with E-state index in [1.807, 2.05) is 11.3 Å². The molecule has 2 rings (SSSR count). The fourth-order valence-electron chi connectivity index (χ4n) is 2.51. The summed E-state index contributed by atoms with van der Waals surface area (Å²) in [5.41, 5.74) is 7.13. The van der Waals surface area contributed by atoms with E-state index in [1.165, 1.54) is 34.8 Å². The maximum Gasteiger partial charge on any atom is 0.0503 e. The van der Waals surface area contributed by atoms with Gasteiger partial charge in [0.2, 0.25) is 0 Å². The molecule has 1 fully saturated rings. The van der Waals surface area contributed by atoms with E-state index in [9.17, 15) is 0 Å². The lowest BCUT2D eigenvalue weighted by Crippen LogP contribution is -2.21. The third kappa shape index (κ3) is 3.28. The first-order valence-corrected chi connectivity index (χ1v) is 7.04. The minimum absolute atomic E-state index is 0.664. The molecule has 1 aliphatic rings.